The van der Waals surface area contributed by atoms with Gasteiger partial charge >= 0.3 is 0 Å². The molecule has 2 amide bonds. The molecule has 2 rings (SSSR count). The standard InChI is InChI=1S/C17H13BN2O2/c1-20-17(22)13-4-2-3-11(9-13)5-6-12-7-8-15(18)14(10-12)16(19)21/h2-4,7-10H,1H3,(H2,19,21)(H,20,22). The van der Waals surface area contributed by atoms with Gasteiger partial charge in [0.1, 0.15) is 7.85 Å². The number of benzene rings is 2. The molecule has 22 heavy (non-hydrogen) atoms. The van der Waals surface area contributed by atoms with Gasteiger partial charge in [0.2, 0.25) is 5.91 Å². The molecule has 4 nitrogen and oxygen atoms in total. The van der Waals surface area contributed by atoms with E-state index in [0.29, 0.717) is 22.2 Å². The molecule has 0 bridgehead atoms. The van der Waals surface area contributed by atoms with Gasteiger partial charge in [-0.2, -0.15) is 0 Å². The predicted octanol–water partition coefficient (Wildman–Crippen LogP) is 0.339. The van der Waals surface area contributed by atoms with E-state index in [9.17, 15) is 9.59 Å². The van der Waals surface area contributed by atoms with Crippen LogP contribution in [0.5, 0.6) is 0 Å². The third kappa shape index (κ3) is 3.55. The fourth-order valence-electron chi connectivity index (χ4n) is 1.87. The van der Waals surface area contributed by atoms with E-state index in [-0.39, 0.29) is 11.5 Å². The van der Waals surface area contributed by atoms with E-state index in [1.54, 1.807) is 49.5 Å². The predicted molar refractivity (Wildman–Crippen MR) is 86.2 cm³/mol. The number of nitrogens with two attached hydrogens (primary N) is 1. The van der Waals surface area contributed by atoms with Crippen LogP contribution in [-0.2, 0) is 0 Å². The second-order valence-electron chi connectivity index (χ2n) is 4.58. The second kappa shape index (κ2) is 6.64. The van der Waals surface area contributed by atoms with Crippen LogP contribution in [0.15, 0.2) is 42.5 Å². The summed E-state index contributed by atoms with van der Waals surface area (Å²) in [5.74, 6) is 5.10. The third-order valence-corrected chi connectivity index (χ3v) is 3.02. The summed E-state index contributed by atoms with van der Waals surface area (Å²) >= 11 is 0. The van der Waals surface area contributed by atoms with Gasteiger partial charge in [0.05, 0.1) is 0 Å². The van der Waals surface area contributed by atoms with Crippen LogP contribution in [0.3, 0.4) is 0 Å². The summed E-state index contributed by atoms with van der Waals surface area (Å²) in [6, 6.07) is 11.8. The first kappa shape index (κ1) is 15.4. The maximum absolute atomic E-state index is 11.6. The lowest BCUT2D eigenvalue weighted by Gasteiger charge is -2.02. The largest absolute Gasteiger partial charge is 0.366 e. The van der Waals surface area contributed by atoms with Crippen LogP contribution >= 0.6 is 0 Å². The Hall–Kier alpha value is -3.00. The fourth-order valence-corrected chi connectivity index (χ4v) is 1.87. The number of rotatable bonds is 2. The smallest absolute Gasteiger partial charge is 0.251 e. The highest BCUT2D eigenvalue weighted by Crippen LogP contribution is 2.05. The molecule has 2 aromatic carbocycles. The van der Waals surface area contributed by atoms with E-state index in [2.05, 4.69) is 17.2 Å². The lowest BCUT2D eigenvalue weighted by molar-refractivity contribution is 0.0961. The van der Waals surface area contributed by atoms with Crippen LogP contribution in [0.1, 0.15) is 31.8 Å². The van der Waals surface area contributed by atoms with Crippen molar-refractivity contribution >= 4 is 25.1 Å². The molecule has 0 heterocycles. The number of carbonyl (C=O) groups excluding carboxylic acids is 2. The molecule has 0 aliphatic carbocycles. The first-order valence-corrected chi connectivity index (χ1v) is 6.54. The highest BCUT2D eigenvalue weighted by atomic mass is 16.1. The Labute approximate surface area is 130 Å². The Morgan fingerprint density at radius 1 is 1.09 bits per heavy atom. The van der Waals surface area contributed by atoms with Gasteiger partial charge < -0.3 is 11.1 Å². The normalized spacial score (nSPS) is 9.50. The molecule has 0 aliphatic heterocycles. The summed E-state index contributed by atoms with van der Waals surface area (Å²) in [5, 5.41) is 2.56. The average molecular weight is 288 g/mol. The molecule has 0 saturated heterocycles. The van der Waals surface area contributed by atoms with Gasteiger partial charge in [-0.3, -0.25) is 9.59 Å². The summed E-state index contributed by atoms with van der Waals surface area (Å²) in [7, 11) is 7.24. The first-order valence-electron chi connectivity index (χ1n) is 6.54. The van der Waals surface area contributed by atoms with Crippen molar-refractivity contribution in [1.82, 2.24) is 5.32 Å². The van der Waals surface area contributed by atoms with Crippen molar-refractivity contribution in [3.63, 3.8) is 0 Å². The zero-order valence-electron chi connectivity index (χ0n) is 12.0. The van der Waals surface area contributed by atoms with Gasteiger partial charge in [-0.1, -0.05) is 29.4 Å². The van der Waals surface area contributed by atoms with Crippen LogP contribution < -0.4 is 16.5 Å². The molecule has 0 aliphatic rings. The zero-order chi connectivity index (χ0) is 16.1. The Balaban J connectivity index is 2.33. The molecule has 3 N–H and O–H groups in total. The monoisotopic (exact) mass is 288 g/mol. The molecule has 5 heteroatoms. The molecule has 106 valence electrons. The van der Waals surface area contributed by atoms with Gasteiger partial charge in [-0.25, -0.2) is 0 Å². The van der Waals surface area contributed by atoms with Gasteiger partial charge in [-0.05, 0) is 30.3 Å². The minimum absolute atomic E-state index is 0.174. The minimum Gasteiger partial charge on any atom is -0.366 e. The maximum atomic E-state index is 11.6. The van der Waals surface area contributed by atoms with E-state index in [4.69, 9.17) is 13.6 Å². The fraction of sp³-hybridized carbons (Fsp3) is 0.0588. The average Bonchev–Trinajstić information content (AvgIpc) is 2.53. The molecular weight excluding hydrogens is 275 g/mol. The van der Waals surface area contributed by atoms with Gasteiger partial charge in [-0.15, -0.1) is 0 Å². The van der Waals surface area contributed by atoms with Gasteiger partial charge in [0, 0.05) is 29.3 Å². The summed E-state index contributed by atoms with van der Waals surface area (Å²) in [6.45, 7) is 0. The Morgan fingerprint density at radius 3 is 2.41 bits per heavy atom. The third-order valence-electron chi connectivity index (χ3n) is 3.02. The molecule has 0 saturated carbocycles. The molecule has 0 aromatic heterocycles. The van der Waals surface area contributed by atoms with Gasteiger partial charge in [0.25, 0.3) is 5.91 Å². The van der Waals surface area contributed by atoms with Crippen LogP contribution in [0.2, 0.25) is 0 Å². The summed E-state index contributed by atoms with van der Waals surface area (Å²) in [4.78, 5) is 22.8. The molecular formula is C17H13BN2O2. The zero-order valence-corrected chi connectivity index (χ0v) is 12.0. The van der Waals surface area contributed by atoms with Crippen molar-refractivity contribution in [3.8, 4) is 11.8 Å². The quantitative estimate of drug-likeness (QED) is 0.618. The first-order chi connectivity index (χ1) is 10.5. The van der Waals surface area contributed by atoms with Crippen molar-refractivity contribution in [1.29, 1.82) is 0 Å². The lowest BCUT2D eigenvalue weighted by Crippen LogP contribution is -2.22. The van der Waals surface area contributed by atoms with Crippen LogP contribution in [0.25, 0.3) is 0 Å². The van der Waals surface area contributed by atoms with E-state index >= 15 is 0 Å². The Bertz CT molecular complexity index is 804. The van der Waals surface area contributed by atoms with E-state index < -0.39 is 5.91 Å². The topological polar surface area (TPSA) is 72.2 Å². The second-order valence-corrected chi connectivity index (χ2v) is 4.58. The number of primary amides is 1. The minimum atomic E-state index is -0.595. The van der Waals surface area contributed by atoms with Crippen molar-refractivity contribution < 1.29 is 9.59 Å². The SMILES string of the molecule is [B]c1ccc(C#Cc2cccc(C(=O)NC)c2)cc1C(N)=O. The number of hydrogen-bond acceptors (Lipinski definition) is 2. The van der Waals surface area contributed by atoms with Crippen LogP contribution in [-0.4, -0.2) is 26.7 Å². The van der Waals surface area contributed by atoms with Crippen molar-refractivity contribution in [2.45, 2.75) is 0 Å². The van der Waals surface area contributed by atoms with Crippen molar-refractivity contribution in [3.05, 3.63) is 64.7 Å². The Kier molecular flexibility index (Phi) is 4.65. The summed E-state index contributed by atoms with van der Waals surface area (Å²) < 4.78 is 0. The Morgan fingerprint density at radius 2 is 1.77 bits per heavy atom. The number of hydrogen-bond donors (Lipinski definition) is 2. The summed E-state index contributed by atoms with van der Waals surface area (Å²) in [5.41, 5.74) is 7.65. The molecule has 0 unspecified atom stereocenters. The highest BCUT2D eigenvalue weighted by Gasteiger charge is 2.04. The molecule has 2 radical (unpaired) electrons. The van der Waals surface area contributed by atoms with E-state index in [1.165, 1.54) is 0 Å². The molecule has 0 atom stereocenters. The van der Waals surface area contributed by atoms with E-state index in [0.717, 1.165) is 0 Å². The summed E-state index contributed by atoms with van der Waals surface area (Å²) in [6.07, 6.45) is 0. The maximum Gasteiger partial charge on any atom is 0.251 e. The number of amides is 2. The number of nitrogens with one attached hydrogen (secondary N) is 1. The van der Waals surface area contributed by atoms with Crippen molar-refractivity contribution in [2.75, 3.05) is 7.05 Å². The van der Waals surface area contributed by atoms with Crippen molar-refractivity contribution in [2.24, 2.45) is 5.73 Å². The van der Waals surface area contributed by atoms with Crippen LogP contribution in [0, 0.1) is 11.8 Å². The lowest BCUT2D eigenvalue weighted by atomic mass is 9.89. The van der Waals surface area contributed by atoms with Crippen LogP contribution in [0.4, 0.5) is 0 Å². The van der Waals surface area contributed by atoms with Gasteiger partial charge in [0.15, 0.2) is 0 Å². The molecule has 2 aromatic rings. The highest BCUT2D eigenvalue weighted by molar-refractivity contribution is 6.36. The van der Waals surface area contributed by atoms with E-state index in [1.807, 2.05) is 0 Å². The molecule has 0 spiro atoms. The molecule has 0 fully saturated rings. The number of carbonyl (C=O) groups is 2.